The third kappa shape index (κ3) is 3.77. The van der Waals surface area contributed by atoms with Crippen molar-refractivity contribution in [3.8, 4) is 17.6 Å². The van der Waals surface area contributed by atoms with Gasteiger partial charge in [-0.15, -0.1) is 0 Å². The first-order valence-electron chi connectivity index (χ1n) is 8.38. The highest BCUT2D eigenvalue weighted by atomic mass is 16.5. The first kappa shape index (κ1) is 19.3. The number of H-pyrrole nitrogens is 1. The number of benzene rings is 1. The predicted molar refractivity (Wildman–Crippen MR) is 97.0 cm³/mol. The minimum Gasteiger partial charge on any atom is -0.490 e. The van der Waals surface area contributed by atoms with Gasteiger partial charge in [0.1, 0.15) is 0 Å². The number of aryl methyl sites for hydroxylation is 1. The minimum absolute atomic E-state index is 0.0883. The fourth-order valence-corrected chi connectivity index (χ4v) is 2.92. The Morgan fingerprint density at radius 3 is 2.50 bits per heavy atom. The zero-order chi connectivity index (χ0) is 19.4. The lowest BCUT2D eigenvalue weighted by Gasteiger charge is -2.17. The molecule has 26 heavy (non-hydrogen) atoms. The van der Waals surface area contributed by atoms with Gasteiger partial charge >= 0.3 is 0 Å². The summed E-state index contributed by atoms with van der Waals surface area (Å²) in [5.74, 6) is 0.453. The lowest BCUT2D eigenvalue weighted by molar-refractivity contribution is 0.0807. The van der Waals surface area contributed by atoms with E-state index in [0.29, 0.717) is 46.2 Å². The molecule has 0 bridgehead atoms. The number of carbonyl (C=O) groups is 2. The van der Waals surface area contributed by atoms with E-state index in [1.807, 2.05) is 13.0 Å². The van der Waals surface area contributed by atoms with Gasteiger partial charge in [-0.3, -0.25) is 9.59 Å². The first-order valence-corrected chi connectivity index (χ1v) is 8.38. The Morgan fingerprint density at radius 1 is 1.27 bits per heavy atom. The maximum atomic E-state index is 12.8. The van der Waals surface area contributed by atoms with Crippen molar-refractivity contribution in [2.75, 3.05) is 6.61 Å². The molecule has 6 nitrogen and oxygen atoms in total. The van der Waals surface area contributed by atoms with Crippen LogP contribution < -0.4 is 9.47 Å². The molecule has 0 spiro atoms. The Hall–Kier alpha value is -3.07. The second-order valence-corrected chi connectivity index (χ2v) is 6.01. The third-order valence-corrected chi connectivity index (χ3v) is 4.08. The number of aromatic amines is 1. The summed E-state index contributed by atoms with van der Waals surface area (Å²) in [4.78, 5) is 27.5. The monoisotopic (exact) mass is 354 g/mol. The lowest BCUT2D eigenvalue weighted by atomic mass is 10.0. The number of nitrogens with zero attached hydrogens (tertiary/aromatic N) is 1. The summed E-state index contributed by atoms with van der Waals surface area (Å²) in [5, 5.41) is 9.01. The third-order valence-electron chi connectivity index (χ3n) is 4.08. The van der Waals surface area contributed by atoms with Crippen molar-refractivity contribution in [2.45, 2.75) is 40.7 Å². The Kier molecular flexibility index (Phi) is 5.83. The van der Waals surface area contributed by atoms with Gasteiger partial charge < -0.3 is 14.5 Å². The average molecular weight is 354 g/mol. The molecule has 2 rings (SSSR count). The number of hydrogen-bond acceptors (Lipinski definition) is 5. The topological polar surface area (TPSA) is 92.2 Å². The summed E-state index contributed by atoms with van der Waals surface area (Å²) in [5.41, 5.74) is 2.64. The molecule has 136 valence electrons. The summed E-state index contributed by atoms with van der Waals surface area (Å²) < 4.78 is 11.3. The van der Waals surface area contributed by atoms with E-state index in [2.05, 4.69) is 4.98 Å². The summed E-state index contributed by atoms with van der Waals surface area (Å²) in [6.07, 6.45) is -0.793. The molecule has 1 atom stereocenters. The molecular weight excluding hydrogens is 332 g/mol. The first-order chi connectivity index (χ1) is 12.3. The molecule has 2 aromatic rings. The lowest BCUT2D eigenvalue weighted by Crippen LogP contribution is -2.25. The van der Waals surface area contributed by atoms with Gasteiger partial charge in [0.25, 0.3) is 0 Å². The van der Waals surface area contributed by atoms with Crippen LogP contribution in [-0.4, -0.2) is 29.3 Å². The number of aromatic nitrogens is 1. The molecule has 0 aliphatic rings. The highest BCUT2D eigenvalue weighted by molar-refractivity contribution is 6.04. The van der Waals surface area contributed by atoms with Crippen LogP contribution in [0.4, 0.5) is 0 Å². The van der Waals surface area contributed by atoms with Crippen molar-refractivity contribution < 1.29 is 19.1 Å². The summed E-state index contributed by atoms with van der Waals surface area (Å²) >= 11 is 0. The number of hydrogen-bond donors (Lipinski definition) is 1. The molecule has 0 saturated carbocycles. The second-order valence-electron chi connectivity index (χ2n) is 6.01. The fourth-order valence-electron chi connectivity index (χ4n) is 2.92. The number of ketones is 2. The molecule has 0 radical (unpaired) electrons. The van der Waals surface area contributed by atoms with Gasteiger partial charge in [-0.1, -0.05) is 0 Å². The molecule has 1 heterocycles. The molecule has 6 heteroatoms. The number of carbonyl (C=O) groups excluding carboxylic acids is 2. The van der Waals surface area contributed by atoms with Crippen LogP contribution in [0.5, 0.6) is 11.5 Å². The smallest absolute Gasteiger partial charge is 0.219 e. The van der Waals surface area contributed by atoms with Crippen LogP contribution in [0.2, 0.25) is 0 Å². The van der Waals surface area contributed by atoms with Crippen molar-refractivity contribution in [1.82, 2.24) is 4.98 Å². The number of ether oxygens (including phenoxy) is 2. The largest absolute Gasteiger partial charge is 0.490 e. The van der Waals surface area contributed by atoms with E-state index in [1.54, 1.807) is 39.0 Å². The summed E-state index contributed by atoms with van der Waals surface area (Å²) in [6.45, 7) is 8.85. The molecule has 0 amide bonds. The van der Waals surface area contributed by atoms with Crippen LogP contribution >= 0.6 is 0 Å². The van der Waals surface area contributed by atoms with E-state index in [-0.39, 0.29) is 11.6 Å². The Bertz CT molecular complexity index is 890. The van der Waals surface area contributed by atoms with E-state index < -0.39 is 6.10 Å². The summed E-state index contributed by atoms with van der Waals surface area (Å²) in [7, 11) is 0. The predicted octanol–water partition coefficient (Wildman–Crippen LogP) is 3.75. The molecule has 1 N–H and O–H groups in total. The van der Waals surface area contributed by atoms with Crippen molar-refractivity contribution in [3.05, 3.63) is 46.3 Å². The van der Waals surface area contributed by atoms with Crippen LogP contribution in [0, 0.1) is 25.2 Å². The maximum Gasteiger partial charge on any atom is 0.219 e. The SMILES string of the molecule is CCOc1cc(C#N)ccc1O[C@H](C)C(=O)c1[nH]c(C)c(C(C)=O)c1C. The minimum atomic E-state index is -0.793. The normalized spacial score (nSPS) is 11.5. The van der Waals surface area contributed by atoms with Gasteiger partial charge in [0.05, 0.1) is 23.9 Å². The highest BCUT2D eigenvalue weighted by Crippen LogP contribution is 2.30. The zero-order valence-electron chi connectivity index (χ0n) is 15.6. The van der Waals surface area contributed by atoms with Crippen LogP contribution in [0.15, 0.2) is 18.2 Å². The van der Waals surface area contributed by atoms with E-state index in [4.69, 9.17) is 14.7 Å². The van der Waals surface area contributed by atoms with Gasteiger partial charge in [0.15, 0.2) is 23.4 Å². The second kappa shape index (κ2) is 7.87. The zero-order valence-corrected chi connectivity index (χ0v) is 15.6. The molecule has 0 aliphatic carbocycles. The van der Waals surface area contributed by atoms with E-state index in [1.165, 1.54) is 6.92 Å². The molecule has 0 saturated heterocycles. The van der Waals surface area contributed by atoms with E-state index in [9.17, 15) is 9.59 Å². The highest BCUT2D eigenvalue weighted by Gasteiger charge is 2.25. The van der Waals surface area contributed by atoms with Gasteiger partial charge in [-0.05, 0) is 52.3 Å². The number of rotatable bonds is 7. The Morgan fingerprint density at radius 2 is 1.96 bits per heavy atom. The van der Waals surface area contributed by atoms with E-state index in [0.717, 1.165) is 0 Å². The van der Waals surface area contributed by atoms with Crippen LogP contribution in [0.1, 0.15) is 58.4 Å². The van der Waals surface area contributed by atoms with Crippen molar-refractivity contribution in [2.24, 2.45) is 0 Å². The van der Waals surface area contributed by atoms with Gasteiger partial charge in [-0.25, -0.2) is 0 Å². The van der Waals surface area contributed by atoms with Gasteiger partial charge in [0, 0.05) is 17.3 Å². The number of Topliss-reactive ketones (excluding diaryl/α,β-unsaturated/α-hetero) is 2. The van der Waals surface area contributed by atoms with Gasteiger partial charge in [0.2, 0.25) is 5.78 Å². The molecule has 0 unspecified atom stereocenters. The van der Waals surface area contributed by atoms with Crippen molar-refractivity contribution in [3.63, 3.8) is 0 Å². The van der Waals surface area contributed by atoms with E-state index >= 15 is 0 Å². The van der Waals surface area contributed by atoms with Gasteiger partial charge in [-0.2, -0.15) is 5.26 Å². The average Bonchev–Trinajstić information content (AvgIpc) is 2.90. The Labute approximate surface area is 152 Å². The van der Waals surface area contributed by atoms with Crippen molar-refractivity contribution >= 4 is 11.6 Å². The van der Waals surface area contributed by atoms with Crippen molar-refractivity contribution in [1.29, 1.82) is 5.26 Å². The van der Waals surface area contributed by atoms with Crippen LogP contribution in [0.25, 0.3) is 0 Å². The van der Waals surface area contributed by atoms with Crippen LogP contribution in [0.3, 0.4) is 0 Å². The molecule has 1 aromatic carbocycles. The quantitative estimate of drug-likeness (QED) is 0.764. The fraction of sp³-hybridized carbons (Fsp3) is 0.350. The van der Waals surface area contributed by atoms with Crippen LogP contribution in [-0.2, 0) is 0 Å². The summed E-state index contributed by atoms with van der Waals surface area (Å²) in [6, 6.07) is 6.84. The molecular formula is C20H22N2O4. The molecule has 0 fully saturated rings. The molecule has 0 aliphatic heterocycles. The number of nitriles is 1. The standard InChI is InChI=1S/C20H22N2O4/c1-6-25-17-9-15(10-21)7-8-16(17)26-14(5)20(24)19-11(2)18(13(4)23)12(3)22-19/h7-9,14,22H,6H2,1-5H3/t14-/m1/s1. The Balaban J connectivity index is 2.29. The molecule has 1 aromatic heterocycles. The number of nitrogens with one attached hydrogen (secondary N) is 1. The maximum absolute atomic E-state index is 12.8.